The quantitative estimate of drug-likeness (QED) is 0.716. The topological polar surface area (TPSA) is 55.5 Å². The summed E-state index contributed by atoms with van der Waals surface area (Å²) in [7, 11) is 0. The van der Waals surface area contributed by atoms with Gasteiger partial charge in [0.1, 0.15) is 5.76 Å². The van der Waals surface area contributed by atoms with E-state index in [1.54, 1.807) is 6.20 Å². The van der Waals surface area contributed by atoms with E-state index >= 15 is 0 Å². The summed E-state index contributed by atoms with van der Waals surface area (Å²) in [5.41, 5.74) is 0.933. The van der Waals surface area contributed by atoms with Crippen molar-refractivity contribution in [1.29, 1.82) is 0 Å². The summed E-state index contributed by atoms with van der Waals surface area (Å²) in [6, 6.07) is 9.63. The molecule has 2 rings (SSSR count). The maximum atomic E-state index is 9.94. The highest BCUT2D eigenvalue weighted by atomic mass is 16.4. The van der Waals surface area contributed by atoms with Gasteiger partial charge in [0, 0.05) is 12.0 Å². The van der Waals surface area contributed by atoms with Crippen LogP contribution in [0.1, 0.15) is 5.76 Å². The van der Waals surface area contributed by atoms with Gasteiger partial charge in [-0.05, 0) is 12.1 Å². The molecule has 0 bridgehead atoms. The fourth-order valence-corrected chi connectivity index (χ4v) is 1.29. The van der Waals surface area contributed by atoms with Crippen LogP contribution in [0.2, 0.25) is 0 Å². The molecule has 0 aliphatic heterocycles. The lowest BCUT2D eigenvalue weighted by molar-refractivity contribution is 0.519. The zero-order chi connectivity index (χ0) is 10.5. The number of rotatable bonds is 4. The average molecular weight is 202 g/mol. The molecule has 0 N–H and O–H groups in total. The van der Waals surface area contributed by atoms with E-state index in [4.69, 9.17) is 4.42 Å². The van der Waals surface area contributed by atoms with Gasteiger partial charge in [-0.2, -0.15) is 4.91 Å². The van der Waals surface area contributed by atoms with Gasteiger partial charge in [0.25, 0.3) is 0 Å². The predicted molar refractivity (Wildman–Crippen MR) is 56.3 cm³/mol. The number of aromatic nitrogens is 1. The van der Waals surface area contributed by atoms with Crippen molar-refractivity contribution in [1.82, 2.24) is 4.98 Å². The molecule has 0 unspecified atom stereocenters. The standard InChI is InChI=1S/C11H10N2O2/c14-13-7-6-10-8-12-11(15-10)9-4-2-1-3-5-9/h1-5,8H,6-7H2. The van der Waals surface area contributed by atoms with Crippen molar-refractivity contribution >= 4 is 0 Å². The summed E-state index contributed by atoms with van der Waals surface area (Å²) < 4.78 is 5.46. The number of nitrogens with zero attached hydrogens (tertiary/aromatic N) is 2. The Bertz CT molecular complexity index is 437. The van der Waals surface area contributed by atoms with E-state index in [2.05, 4.69) is 10.2 Å². The Morgan fingerprint density at radius 1 is 1.27 bits per heavy atom. The van der Waals surface area contributed by atoms with Crippen LogP contribution in [-0.2, 0) is 6.42 Å². The molecule has 76 valence electrons. The molecule has 0 aliphatic carbocycles. The van der Waals surface area contributed by atoms with E-state index in [0.29, 0.717) is 18.1 Å². The molecule has 0 fully saturated rings. The average Bonchev–Trinajstić information content (AvgIpc) is 2.76. The monoisotopic (exact) mass is 202 g/mol. The third kappa shape index (κ3) is 2.28. The van der Waals surface area contributed by atoms with E-state index in [1.165, 1.54) is 0 Å². The predicted octanol–water partition coefficient (Wildman–Crippen LogP) is 2.65. The maximum Gasteiger partial charge on any atom is 0.226 e. The smallest absolute Gasteiger partial charge is 0.226 e. The van der Waals surface area contributed by atoms with Crippen LogP contribution in [0, 0.1) is 4.91 Å². The van der Waals surface area contributed by atoms with Gasteiger partial charge in [-0.15, -0.1) is 0 Å². The van der Waals surface area contributed by atoms with Gasteiger partial charge in [0.15, 0.2) is 0 Å². The first kappa shape index (κ1) is 9.58. The zero-order valence-corrected chi connectivity index (χ0v) is 8.09. The SMILES string of the molecule is O=NCCc1cnc(-c2ccccc2)o1. The Kier molecular flexibility index (Phi) is 2.88. The molecule has 4 nitrogen and oxygen atoms in total. The van der Waals surface area contributed by atoms with E-state index in [9.17, 15) is 4.91 Å². The minimum Gasteiger partial charge on any atom is -0.441 e. The van der Waals surface area contributed by atoms with Gasteiger partial charge in [0.05, 0.1) is 12.7 Å². The third-order valence-corrected chi connectivity index (χ3v) is 2.02. The Labute approximate surface area is 86.9 Å². The first-order valence-corrected chi connectivity index (χ1v) is 4.69. The highest BCUT2D eigenvalue weighted by Crippen LogP contribution is 2.18. The molecule has 2 aromatic rings. The van der Waals surface area contributed by atoms with Crippen molar-refractivity contribution in [3.8, 4) is 11.5 Å². The fraction of sp³-hybridized carbons (Fsp3) is 0.182. The molecule has 0 aliphatic rings. The normalized spacial score (nSPS) is 10.1. The number of benzene rings is 1. The van der Waals surface area contributed by atoms with Crippen LogP contribution >= 0.6 is 0 Å². The molecule has 0 radical (unpaired) electrons. The first-order valence-electron chi connectivity index (χ1n) is 4.69. The highest BCUT2D eigenvalue weighted by molar-refractivity contribution is 5.52. The molecule has 15 heavy (non-hydrogen) atoms. The lowest BCUT2D eigenvalue weighted by Crippen LogP contribution is -1.84. The Morgan fingerprint density at radius 3 is 2.80 bits per heavy atom. The largest absolute Gasteiger partial charge is 0.441 e. The molecule has 1 heterocycles. The van der Waals surface area contributed by atoms with Crippen molar-refractivity contribution in [3.05, 3.63) is 47.2 Å². The number of hydrogen-bond donors (Lipinski definition) is 0. The van der Waals surface area contributed by atoms with Crippen molar-refractivity contribution < 1.29 is 4.42 Å². The number of hydrogen-bond acceptors (Lipinski definition) is 4. The second kappa shape index (κ2) is 4.50. The minimum atomic E-state index is 0.226. The molecule has 1 aromatic heterocycles. The van der Waals surface area contributed by atoms with Crippen LogP contribution in [0.25, 0.3) is 11.5 Å². The van der Waals surface area contributed by atoms with Crippen LogP contribution in [-0.4, -0.2) is 11.5 Å². The third-order valence-electron chi connectivity index (χ3n) is 2.02. The second-order valence-corrected chi connectivity index (χ2v) is 3.10. The van der Waals surface area contributed by atoms with Crippen molar-refractivity contribution in [2.75, 3.05) is 6.54 Å². The van der Waals surface area contributed by atoms with Crippen molar-refractivity contribution in [3.63, 3.8) is 0 Å². The Balaban J connectivity index is 2.17. The molecule has 4 heteroatoms. The van der Waals surface area contributed by atoms with Crippen LogP contribution in [0.3, 0.4) is 0 Å². The van der Waals surface area contributed by atoms with Crippen LogP contribution in [0.4, 0.5) is 0 Å². The lowest BCUT2D eigenvalue weighted by Gasteiger charge is -1.93. The first-order chi connectivity index (χ1) is 7.40. The minimum absolute atomic E-state index is 0.226. The molecule has 1 aromatic carbocycles. The van der Waals surface area contributed by atoms with Crippen LogP contribution < -0.4 is 0 Å². The van der Waals surface area contributed by atoms with E-state index in [0.717, 1.165) is 5.56 Å². The zero-order valence-electron chi connectivity index (χ0n) is 8.09. The van der Waals surface area contributed by atoms with Gasteiger partial charge < -0.3 is 4.42 Å². The molecule has 0 saturated carbocycles. The van der Waals surface area contributed by atoms with Gasteiger partial charge in [-0.25, -0.2) is 4.98 Å². The summed E-state index contributed by atoms with van der Waals surface area (Å²) >= 11 is 0. The van der Waals surface area contributed by atoms with E-state index < -0.39 is 0 Å². The maximum absolute atomic E-state index is 9.94. The molecule has 0 saturated heterocycles. The summed E-state index contributed by atoms with van der Waals surface area (Å²) in [6.07, 6.45) is 2.14. The van der Waals surface area contributed by atoms with Gasteiger partial charge in [-0.1, -0.05) is 23.4 Å². The van der Waals surface area contributed by atoms with Crippen LogP contribution in [0.5, 0.6) is 0 Å². The number of oxazole rings is 1. The van der Waals surface area contributed by atoms with Gasteiger partial charge in [-0.3, -0.25) is 0 Å². The highest BCUT2D eigenvalue weighted by Gasteiger charge is 2.05. The van der Waals surface area contributed by atoms with Crippen molar-refractivity contribution in [2.24, 2.45) is 5.18 Å². The summed E-state index contributed by atoms with van der Waals surface area (Å²) in [4.78, 5) is 14.1. The Hall–Kier alpha value is -1.97. The van der Waals surface area contributed by atoms with Crippen LogP contribution in [0.15, 0.2) is 46.1 Å². The van der Waals surface area contributed by atoms with Gasteiger partial charge >= 0.3 is 0 Å². The Morgan fingerprint density at radius 2 is 2.07 bits per heavy atom. The molecule has 0 atom stereocenters. The second-order valence-electron chi connectivity index (χ2n) is 3.10. The number of nitroso groups, excluding NO2 is 1. The van der Waals surface area contributed by atoms with E-state index in [-0.39, 0.29) is 6.54 Å². The summed E-state index contributed by atoms with van der Waals surface area (Å²) in [5, 5.41) is 2.78. The summed E-state index contributed by atoms with van der Waals surface area (Å²) in [5.74, 6) is 1.27. The fourth-order valence-electron chi connectivity index (χ4n) is 1.29. The molecule has 0 amide bonds. The summed E-state index contributed by atoms with van der Waals surface area (Å²) in [6.45, 7) is 0.226. The molecular weight excluding hydrogens is 192 g/mol. The van der Waals surface area contributed by atoms with Crippen molar-refractivity contribution in [2.45, 2.75) is 6.42 Å². The molecular formula is C11H10N2O2. The van der Waals surface area contributed by atoms with Gasteiger partial charge in [0.2, 0.25) is 5.89 Å². The van der Waals surface area contributed by atoms with E-state index in [1.807, 2.05) is 30.3 Å². The molecule has 0 spiro atoms. The lowest BCUT2D eigenvalue weighted by atomic mass is 10.2.